The van der Waals surface area contributed by atoms with Crippen molar-refractivity contribution in [3.8, 4) is 0 Å². The predicted molar refractivity (Wildman–Crippen MR) is 39.4 cm³/mol. The fourth-order valence-electron chi connectivity index (χ4n) is 0.890. The van der Waals surface area contributed by atoms with E-state index in [0.29, 0.717) is 12.1 Å². The van der Waals surface area contributed by atoms with Crippen molar-refractivity contribution in [1.82, 2.24) is 9.78 Å². The van der Waals surface area contributed by atoms with Crippen LogP contribution in [0.5, 0.6) is 0 Å². The molecule has 4 nitrogen and oxygen atoms in total. The molecular weight excluding hydrogens is 144 g/mol. The van der Waals surface area contributed by atoms with Crippen molar-refractivity contribution in [3.05, 3.63) is 17.5 Å². The quantitative estimate of drug-likeness (QED) is 0.612. The van der Waals surface area contributed by atoms with E-state index in [0.717, 1.165) is 12.0 Å². The molecule has 0 atom stereocenters. The maximum Gasteiger partial charge on any atom is 0.168 e. The van der Waals surface area contributed by atoms with E-state index in [9.17, 15) is 4.79 Å². The Kier molecular flexibility index (Phi) is 2.38. The van der Waals surface area contributed by atoms with Crippen molar-refractivity contribution in [2.24, 2.45) is 7.05 Å². The summed E-state index contributed by atoms with van der Waals surface area (Å²) in [6.07, 6.45) is 1.25. The molecule has 0 aliphatic rings. The minimum absolute atomic E-state index is 0.0648. The number of carbonyl (C=O) groups is 1. The SMILES string of the molecule is Cn1nc(CCO)cc1C=O. The van der Waals surface area contributed by atoms with Crippen molar-refractivity contribution in [3.63, 3.8) is 0 Å². The minimum Gasteiger partial charge on any atom is -0.396 e. The molecule has 60 valence electrons. The Bertz CT molecular complexity index is 255. The van der Waals surface area contributed by atoms with Gasteiger partial charge in [-0.05, 0) is 6.07 Å². The molecule has 0 unspecified atom stereocenters. The van der Waals surface area contributed by atoms with Gasteiger partial charge in [-0.15, -0.1) is 0 Å². The van der Waals surface area contributed by atoms with Crippen LogP contribution in [0.25, 0.3) is 0 Å². The zero-order valence-electron chi connectivity index (χ0n) is 6.32. The number of aromatic nitrogens is 2. The third-order valence-electron chi connectivity index (χ3n) is 1.46. The van der Waals surface area contributed by atoms with Gasteiger partial charge in [0, 0.05) is 20.1 Å². The number of hydrogen-bond acceptors (Lipinski definition) is 3. The Morgan fingerprint density at radius 2 is 2.55 bits per heavy atom. The average Bonchev–Trinajstić information content (AvgIpc) is 2.32. The van der Waals surface area contributed by atoms with Crippen LogP contribution >= 0.6 is 0 Å². The summed E-state index contributed by atoms with van der Waals surface area (Å²) in [5.74, 6) is 0. The van der Waals surface area contributed by atoms with E-state index in [4.69, 9.17) is 5.11 Å². The number of aliphatic hydroxyl groups is 1. The first kappa shape index (κ1) is 7.94. The van der Waals surface area contributed by atoms with Gasteiger partial charge in [-0.2, -0.15) is 5.10 Å². The summed E-state index contributed by atoms with van der Waals surface area (Å²) < 4.78 is 1.50. The first-order chi connectivity index (χ1) is 5.27. The van der Waals surface area contributed by atoms with Crippen LogP contribution < -0.4 is 0 Å². The molecule has 0 aromatic carbocycles. The molecule has 1 aromatic heterocycles. The first-order valence-electron chi connectivity index (χ1n) is 3.37. The molecule has 0 aliphatic heterocycles. The fraction of sp³-hybridized carbons (Fsp3) is 0.429. The maximum absolute atomic E-state index is 10.3. The van der Waals surface area contributed by atoms with Crippen LogP contribution in [0.4, 0.5) is 0 Å². The average molecular weight is 154 g/mol. The molecule has 0 saturated carbocycles. The zero-order chi connectivity index (χ0) is 8.27. The number of aryl methyl sites for hydroxylation is 1. The van der Waals surface area contributed by atoms with Crippen LogP contribution in [0.15, 0.2) is 6.07 Å². The molecule has 0 spiro atoms. The van der Waals surface area contributed by atoms with Crippen molar-refractivity contribution in [2.75, 3.05) is 6.61 Å². The molecular formula is C7H10N2O2. The van der Waals surface area contributed by atoms with Crippen LogP contribution in [-0.4, -0.2) is 27.8 Å². The lowest BCUT2D eigenvalue weighted by atomic mass is 10.3. The second-order valence-electron chi connectivity index (χ2n) is 2.28. The summed E-state index contributed by atoms with van der Waals surface area (Å²) in [7, 11) is 1.70. The molecule has 11 heavy (non-hydrogen) atoms. The van der Waals surface area contributed by atoms with E-state index in [2.05, 4.69) is 5.10 Å². The number of rotatable bonds is 3. The fourth-order valence-corrected chi connectivity index (χ4v) is 0.890. The van der Waals surface area contributed by atoms with Gasteiger partial charge in [0.1, 0.15) is 5.69 Å². The van der Waals surface area contributed by atoms with Gasteiger partial charge in [-0.3, -0.25) is 9.48 Å². The molecule has 0 amide bonds. The summed E-state index contributed by atoms with van der Waals surface area (Å²) in [5.41, 5.74) is 1.28. The van der Waals surface area contributed by atoms with Gasteiger partial charge in [0.25, 0.3) is 0 Å². The number of carbonyl (C=O) groups excluding carboxylic acids is 1. The second-order valence-corrected chi connectivity index (χ2v) is 2.28. The van der Waals surface area contributed by atoms with Crippen LogP contribution in [0.2, 0.25) is 0 Å². The largest absolute Gasteiger partial charge is 0.396 e. The number of nitrogens with zero attached hydrogens (tertiary/aromatic N) is 2. The van der Waals surface area contributed by atoms with E-state index in [1.165, 1.54) is 4.68 Å². The monoisotopic (exact) mass is 154 g/mol. The molecule has 0 bridgehead atoms. The highest BCUT2D eigenvalue weighted by molar-refractivity contribution is 5.72. The van der Waals surface area contributed by atoms with E-state index < -0.39 is 0 Å². The highest BCUT2D eigenvalue weighted by Gasteiger charge is 2.01. The number of hydrogen-bond donors (Lipinski definition) is 1. The summed E-state index contributed by atoms with van der Waals surface area (Å²) in [6.45, 7) is 0.0648. The van der Waals surface area contributed by atoms with Gasteiger partial charge in [0.2, 0.25) is 0 Å². The van der Waals surface area contributed by atoms with Gasteiger partial charge in [-0.1, -0.05) is 0 Å². The van der Waals surface area contributed by atoms with Crippen LogP contribution in [0.1, 0.15) is 16.2 Å². The number of aliphatic hydroxyl groups excluding tert-OH is 1. The Morgan fingerprint density at radius 1 is 1.82 bits per heavy atom. The molecule has 1 N–H and O–H groups in total. The van der Waals surface area contributed by atoms with Crippen molar-refractivity contribution in [1.29, 1.82) is 0 Å². The van der Waals surface area contributed by atoms with Crippen LogP contribution in [0, 0.1) is 0 Å². The molecule has 0 aliphatic carbocycles. The van der Waals surface area contributed by atoms with Gasteiger partial charge in [0.05, 0.1) is 5.69 Å². The van der Waals surface area contributed by atoms with Crippen molar-refractivity contribution in [2.45, 2.75) is 6.42 Å². The Hall–Kier alpha value is -1.16. The Balaban J connectivity index is 2.86. The zero-order valence-corrected chi connectivity index (χ0v) is 6.32. The smallest absolute Gasteiger partial charge is 0.168 e. The lowest BCUT2D eigenvalue weighted by Crippen LogP contribution is -1.97. The maximum atomic E-state index is 10.3. The molecule has 1 aromatic rings. The second kappa shape index (κ2) is 3.30. The standard InChI is InChI=1S/C7H10N2O2/c1-9-7(5-11)4-6(8-9)2-3-10/h4-5,10H,2-3H2,1H3. The van der Waals surface area contributed by atoms with E-state index >= 15 is 0 Å². The third kappa shape index (κ3) is 1.65. The summed E-state index contributed by atoms with van der Waals surface area (Å²) >= 11 is 0. The molecule has 1 heterocycles. The predicted octanol–water partition coefficient (Wildman–Crippen LogP) is -0.233. The lowest BCUT2D eigenvalue weighted by molar-refractivity contribution is 0.111. The van der Waals surface area contributed by atoms with Crippen molar-refractivity contribution < 1.29 is 9.90 Å². The summed E-state index contributed by atoms with van der Waals surface area (Å²) in [6, 6.07) is 1.67. The molecule has 4 heteroatoms. The highest BCUT2D eigenvalue weighted by Crippen LogP contribution is 2.00. The van der Waals surface area contributed by atoms with Gasteiger partial charge < -0.3 is 5.11 Å². The van der Waals surface area contributed by atoms with Gasteiger partial charge in [-0.25, -0.2) is 0 Å². The molecule has 0 radical (unpaired) electrons. The molecule has 0 fully saturated rings. The third-order valence-corrected chi connectivity index (χ3v) is 1.46. The lowest BCUT2D eigenvalue weighted by Gasteiger charge is -1.88. The van der Waals surface area contributed by atoms with E-state index in [1.807, 2.05) is 0 Å². The molecule has 1 rings (SSSR count). The number of aldehydes is 1. The Labute approximate surface area is 64.5 Å². The Morgan fingerprint density at radius 3 is 3.00 bits per heavy atom. The van der Waals surface area contributed by atoms with E-state index in [-0.39, 0.29) is 6.61 Å². The van der Waals surface area contributed by atoms with Gasteiger partial charge in [0.15, 0.2) is 6.29 Å². The van der Waals surface area contributed by atoms with Gasteiger partial charge >= 0.3 is 0 Å². The normalized spacial score (nSPS) is 10.0. The molecule has 0 saturated heterocycles. The summed E-state index contributed by atoms with van der Waals surface area (Å²) in [5, 5.41) is 12.6. The first-order valence-corrected chi connectivity index (χ1v) is 3.37. The topological polar surface area (TPSA) is 55.1 Å². The summed E-state index contributed by atoms with van der Waals surface area (Å²) in [4.78, 5) is 10.3. The van der Waals surface area contributed by atoms with Crippen LogP contribution in [-0.2, 0) is 13.5 Å². The van der Waals surface area contributed by atoms with Crippen LogP contribution in [0.3, 0.4) is 0 Å². The van der Waals surface area contributed by atoms with Crippen molar-refractivity contribution >= 4 is 6.29 Å². The highest BCUT2D eigenvalue weighted by atomic mass is 16.3. The van der Waals surface area contributed by atoms with E-state index in [1.54, 1.807) is 13.1 Å². The minimum atomic E-state index is 0.0648.